The predicted octanol–water partition coefficient (Wildman–Crippen LogP) is 13.2. The molecule has 0 amide bonds. The molecule has 0 aliphatic rings. The molecular formula is C53H86NO7+. The van der Waals surface area contributed by atoms with Gasteiger partial charge in [0.05, 0.1) is 34.4 Å². The van der Waals surface area contributed by atoms with E-state index in [2.05, 4.69) is 62.5 Å². The number of esters is 2. The highest BCUT2D eigenvalue weighted by Crippen LogP contribution is 2.14. The largest absolute Gasteiger partial charge is 0.477 e. The molecule has 2 atom stereocenters. The van der Waals surface area contributed by atoms with Gasteiger partial charge in [0.1, 0.15) is 6.61 Å². The van der Waals surface area contributed by atoms with Gasteiger partial charge >= 0.3 is 17.9 Å². The van der Waals surface area contributed by atoms with Crippen molar-refractivity contribution in [3.63, 3.8) is 0 Å². The minimum atomic E-state index is -0.888. The number of quaternary nitrogens is 1. The highest BCUT2D eigenvalue weighted by atomic mass is 16.6. The second kappa shape index (κ2) is 42.7. The van der Waals surface area contributed by atoms with E-state index < -0.39 is 18.1 Å². The van der Waals surface area contributed by atoms with Crippen molar-refractivity contribution in [3.8, 4) is 0 Å². The Kier molecular flexibility index (Phi) is 39.9. The maximum atomic E-state index is 12.7. The number of carboxylic acids is 1. The lowest BCUT2D eigenvalue weighted by molar-refractivity contribution is -0.887. The average Bonchev–Trinajstić information content (AvgIpc) is 3.22. The van der Waals surface area contributed by atoms with Crippen LogP contribution in [0, 0.1) is 0 Å². The Labute approximate surface area is 372 Å². The van der Waals surface area contributed by atoms with Crippen molar-refractivity contribution in [2.24, 2.45) is 0 Å². The van der Waals surface area contributed by atoms with Crippen LogP contribution in [0.25, 0.3) is 0 Å². The fourth-order valence-electron chi connectivity index (χ4n) is 6.25. The number of ether oxygens (including phenoxy) is 3. The van der Waals surface area contributed by atoms with Crippen LogP contribution < -0.4 is 0 Å². The molecule has 0 aliphatic carbocycles. The number of nitrogens with zero attached hydrogens (tertiary/aromatic N) is 1. The summed E-state index contributed by atoms with van der Waals surface area (Å²) in [5, 5.41) is 9.64. The van der Waals surface area contributed by atoms with Gasteiger partial charge in [-0.2, -0.15) is 0 Å². The molecule has 61 heavy (non-hydrogen) atoms. The van der Waals surface area contributed by atoms with Crippen molar-refractivity contribution >= 4 is 17.9 Å². The van der Waals surface area contributed by atoms with Crippen LogP contribution in [0.2, 0.25) is 0 Å². The van der Waals surface area contributed by atoms with Crippen LogP contribution in [0.15, 0.2) is 109 Å². The third kappa shape index (κ3) is 41.1. The molecule has 0 fully saturated rings. The molecule has 0 rings (SSSR count). The first-order valence-corrected chi connectivity index (χ1v) is 23.5. The Hall–Kier alpha value is -4.01. The van der Waals surface area contributed by atoms with Gasteiger partial charge in [0.25, 0.3) is 0 Å². The zero-order valence-corrected chi connectivity index (χ0v) is 39.1. The summed E-state index contributed by atoms with van der Waals surface area (Å²) in [6, 6.07) is -0.631. The third-order valence-electron chi connectivity index (χ3n) is 9.83. The minimum absolute atomic E-state index is 0.0342. The fraction of sp³-hybridized carbons (Fsp3) is 0.604. The van der Waals surface area contributed by atoms with E-state index in [1.807, 2.05) is 81.9 Å². The molecule has 0 aromatic heterocycles. The molecule has 0 aliphatic heterocycles. The molecule has 0 heterocycles. The van der Waals surface area contributed by atoms with Crippen molar-refractivity contribution in [2.75, 3.05) is 41.0 Å². The summed E-state index contributed by atoms with van der Waals surface area (Å²) in [7, 11) is 5.50. The van der Waals surface area contributed by atoms with Gasteiger partial charge < -0.3 is 23.8 Å². The molecule has 1 N–H and O–H groups in total. The molecule has 0 saturated carbocycles. The van der Waals surface area contributed by atoms with E-state index in [0.717, 1.165) is 64.2 Å². The van der Waals surface area contributed by atoms with Crippen LogP contribution in [-0.2, 0) is 28.6 Å². The highest BCUT2D eigenvalue weighted by Gasteiger charge is 2.31. The first-order valence-electron chi connectivity index (χ1n) is 23.5. The number of hydrogen-bond acceptors (Lipinski definition) is 6. The Morgan fingerprint density at radius 3 is 1.49 bits per heavy atom. The average molecular weight is 849 g/mol. The highest BCUT2D eigenvalue weighted by molar-refractivity contribution is 5.72. The molecule has 8 heteroatoms. The van der Waals surface area contributed by atoms with Gasteiger partial charge in [0.2, 0.25) is 0 Å². The zero-order valence-electron chi connectivity index (χ0n) is 39.1. The maximum absolute atomic E-state index is 12.7. The molecule has 2 unspecified atom stereocenters. The van der Waals surface area contributed by atoms with Gasteiger partial charge in [0, 0.05) is 19.3 Å². The summed E-state index contributed by atoms with van der Waals surface area (Å²) in [5.74, 6) is -1.54. The molecule has 0 radical (unpaired) electrons. The number of carbonyl (C=O) groups is 3. The van der Waals surface area contributed by atoms with E-state index in [0.29, 0.717) is 19.3 Å². The van der Waals surface area contributed by atoms with Crippen LogP contribution in [-0.4, -0.2) is 80.6 Å². The Balaban J connectivity index is 4.40. The van der Waals surface area contributed by atoms with Crippen LogP contribution in [0.5, 0.6) is 0 Å². The molecule has 0 spiro atoms. The number of aliphatic carboxylic acids is 1. The molecule has 0 aromatic rings. The number of rotatable bonds is 40. The van der Waals surface area contributed by atoms with Gasteiger partial charge in [-0.3, -0.25) is 9.59 Å². The summed E-state index contributed by atoms with van der Waals surface area (Å²) < 4.78 is 17.3. The predicted molar refractivity (Wildman–Crippen MR) is 256 cm³/mol. The summed E-state index contributed by atoms with van der Waals surface area (Å²) in [6.07, 6.45) is 58.5. The summed E-state index contributed by atoms with van der Waals surface area (Å²) in [5.41, 5.74) is 0. The minimum Gasteiger partial charge on any atom is -0.477 e. The van der Waals surface area contributed by atoms with Gasteiger partial charge in [-0.25, -0.2) is 4.79 Å². The topological polar surface area (TPSA) is 99.1 Å². The van der Waals surface area contributed by atoms with Crippen molar-refractivity contribution in [3.05, 3.63) is 109 Å². The van der Waals surface area contributed by atoms with Gasteiger partial charge in [0.15, 0.2) is 12.1 Å². The Bertz CT molecular complexity index is 1360. The standard InChI is InChI=1S/C53H85NO7/c1-6-8-10-12-14-16-18-20-22-24-25-26-28-29-31-33-35-37-39-41-43-51(55)60-48-49(47-59-46-45-50(53(57)58)54(3,4)5)61-52(56)44-42-40-38-36-34-32-30-27-23-21-19-17-15-13-11-9-7-2/h8-11,13-17,19-23,27,30,32,34,49-50H,6-7,12,18,24-26,28-29,31,33,35-48H2,1-5H3/p+1/b10-8+,11-9+,15-13+,16-14+,19-17+,22-20+,23-21+,30-27+,34-32+. The fourth-order valence-corrected chi connectivity index (χ4v) is 6.25. The van der Waals surface area contributed by atoms with Gasteiger partial charge in [-0.15, -0.1) is 0 Å². The van der Waals surface area contributed by atoms with Crippen LogP contribution in [0.4, 0.5) is 0 Å². The van der Waals surface area contributed by atoms with E-state index in [9.17, 15) is 19.5 Å². The number of allylic oxidation sites excluding steroid dienone is 18. The SMILES string of the molecule is CC/C=C/C=C/C=C/C=C/C=C/C=C/CCCCCC(=O)OC(COCCC(C(=O)O)[N+](C)(C)C)COC(=O)CCCCCCCCCCCC/C=C/C/C=C/C/C=C/CC. The molecule has 344 valence electrons. The molecule has 0 bridgehead atoms. The van der Waals surface area contributed by atoms with Crippen molar-refractivity contribution in [2.45, 2.75) is 167 Å². The monoisotopic (exact) mass is 849 g/mol. The second-order valence-electron chi connectivity index (χ2n) is 16.4. The summed E-state index contributed by atoms with van der Waals surface area (Å²) in [6.45, 7) is 4.41. The molecule has 8 nitrogen and oxygen atoms in total. The lowest BCUT2D eigenvalue weighted by Crippen LogP contribution is -2.50. The number of likely N-dealkylation sites (N-methyl/N-ethyl adjacent to an activating group) is 1. The molecular weight excluding hydrogens is 763 g/mol. The maximum Gasteiger partial charge on any atom is 0.362 e. The molecule has 0 saturated heterocycles. The lowest BCUT2D eigenvalue weighted by Gasteiger charge is -2.31. The zero-order chi connectivity index (χ0) is 44.9. The van der Waals surface area contributed by atoms with Crippen molar-refractivity contribution in [1.29, 1.82) is 0 Å². The van der Waals surface area contributed by atoms with E-state index in [-0.39, 0.29) is 42.7 Å². The van der Waals surface area contributed by atoms with Crippen molar-refractivity contribution < 1.29 is 38.2 Å². The quantitative estimate of drug-likeness (QED) is 0.0215. The number of carboxylic acid groups (broad SMARTS) is 1. The summed E-state index contributed by atoms with van der Waals surface area (Å²) in [4.78, 5) is 37.1. The Morgan fingerprint density at radius 1 is 0.508 bits per heavy atom. The van der Waals surface area contributed by atoms with Gasteiger partial charge in [-0.05, 0) is 64.2 Å². The third-order valence-corrected chi connectivity index (χ3v) is 9.83. The van der Waals surface area contributed by atoms with E-state index in [1.54, 1.807) is 0 Å². The Morgan fingerprint density at radius 2 is 0.951 bits per heavy atom. The lowest BCUT2D eigenvalue weighted by atomic mass is 10.1. The van der Waals surface area contributed by atoms with E-state index in [1.165, 1.54) is 51.4 Å². The first kappa shape index (κ1) is 57.0. The smallest absolute Gasteiger partial charge is 0.362 e. The second-order valence-corrected chi connectivity index (χ2v) is 16.4. The first-order chi connectivity index (χ1) is 29.6. The van der Waals surface area contributed by atoms with Crippen LogP contribution >= 0.6 is 0 Å². The van der Waals surface area contributed by atoms with Crippen LogP contribution in [0.1, 0.15) is 155 Å². The van der Waals surface area contributed by atoms with Gasteiger partial charge in [-0.1, -0.05) is 181 Å². The van der Waals surface area contributed by atoms with Crippen LogP contribution in [0.3, 0.4) is 0 Å². The number of carbonyl (C=O) groups excluding carboxylic acids is 2. The normalized spacial score (nSPS) is 13.9. The number of hydrogen-bond donors (Lipinski definition) is 1. The summed E-state index contributed by atoms with van der Waals surface area (Å²) >= 11 is 0. The van der Waals surface area contributed by atoms with Crippen molar-refractivity contribution in [1.82, 2.24) is 0 Å². The molecule has 0 aromatic carbocycles. The van der Waals surface area contributed by atoms with E-state index in [4.69, 9.17) is 14.2 Å². The van der Waals surface area contributed by atoms with E-state index >= 15 is 0 Å². The number of unbranched alkanes of at least 4 members (excludes halogenated alkanes) is 13.